The maximum absolute atomic E-state index is 12.8. The van der Waals surface area contributed by atoms with E-state index in [0.717, 1.165) is 48.7 Å². The molecule has 20 heavy (non-hydrogen) atoms. The van der Waals surface area contributed by atoms with E-state index in [2.05, 4.69) is 0 Å². The van der Waals surface area contributed by atoms with Gasteiger partial charge in [-0.25, -0.2) is 0 Å². The number of nitrogen functional groups attached to an aromatic ring is 1. The highest BCUT2D eigenvalue weighted by Crippen LogP contribution is 2.40. The van der Waals surface area contributed by atoms with Gasteiger partial charge < -0.3 is 10.5 Å². The van der Waals surface area contributed by atoms with Crippen molar-refractivity contribution in [3.05, 3.63) is 24.3 Å². The monoisotopic (exact) mass is 311 g/mol. The summed E-state index contributed by atoms with van der Waals surface area (Å²) in [6.07, 6.45) is 3.97. The highest BCUT2D eigenvalue weighted by Gasteiger charge is 2.40. The fourth-order valence-electron chi connectivity index (χ4n) is 3.10. The number of thioether (sulfide) groups is 1. The topological polar surface area (TPSA) is 52.3 Å². The number of para-hydroxylation sites is 1. The second-order valence-electron chi connectivity index (χ2n) is 5.59. The Morgan fingerprint density at radius 2 is 2.05 bits per heavy atom. The zero-order valence-electron chi connectivity index (χ0n) is 11.5. The quantitative estimate of drug-likeness (QED) is 0.853. The number of benzene rings is 1. The first-order valence-corrected chi connectivity index (χ1v) is 9.54. The van der Waals surface area contributed by atoms with Crippen molar-refractivity contribution in [3.8, 4) is 0 Å². The van der Waals surface area contributed by atoms with Crippen molar-refractivity contribution in [1.82, 2.24) is 0 Å². The minimum Gasteiger partial charge on any atom is -0.398 e. The largest absolute Gasteiger partial charge is 0.398 e. The van der Waals surface area contributed by atoms with Gasteiger partial charge in [0.2, 0.25) is 0 Å². The lowest BCUT2D eigenvalue weighted by Gasteiger charge is -2.43. The molecule has 2 unspecified atom stereocenters. The Bertz CT molecular complexity index is 495. The molecule has 3 nitrogen and oxygen atoms in total. The molecule has 2 N–H and O–H groups in total. The molecule has 110 valence electrons. The first-order valence-electron chi connectivity index (χ1n) is 7.17. The lowest BCUT2D eigenvalue weighted by molar-refractivity contribution is -0.0809. The Morgan fingerprint density at radius 3 is 2.80 bits per heavy atom. The van der Waals surface area contributed by atoms with E-state index in [9.17, 15) is 4.21 Å². The molecule has 0 bridgehead atoms. The van der Waals surface area contributed by atoms with Crippen LogP contribution in [0.3, 0.4) is 0 Å². The molecule has 2 saturated heterocycles. The molecule has 0 radical (unpaired) electrons. The van der Waals surface area contributed by atoms with Gasteiger partial charge in [0.15, 0.2) is 0 Å². The average Bonchev–Trinajstić information content (AvgIpc) is 2.48. The van der Waals surface area contributed by atoms with Gasteiger partial charge in [-0.15, -0.1) is 0 Å². The van der Waals surface area contributed by atoms with Crippen molar-refractivity contribution in [1.29, 1.82) is 0 Å². The van der Waals surface area contributed by atoms with Crippen molar-refractivity contribution < 1.29 is 8.95 Å². The summed E-state index contributed by atoms with van der Waals surface area (Å²) in [6.45, 7) is 0.730. The summed E-state index contributed by atoms with van der Waals surface area (Å²) in [7, 11) is -1.02. The van der Waals surface area contributed by atoms with Crippen molar-refractivity contribution in [2.75, 3.05) is 23.8 Å². The molecular weight excluding hydrogens is 290 g/mol. The molecule has 1 spiro atoms. The molecule has 0 amide bonds. The molecular formula is C15H21NO2S2. The van der Waals surface area contributed by atoms with E-state index in [1.54, 1.807) is 0 Å². The number of hydrogen-bond acceptors (Lipinski definition) is 4. The van der Waals surface area contributed by atoms with Gasteiger partial charge in [0.1, 0.15) is 0 Å². The predicted octanol–water partition coefficient (Wildman–Crippen LogP) is 2.82. The molecule has 2 atom stereocenters. The van der Waals surface area contributed by atoms with Gasteiger partial charge in [-0.3, -0.25) is 4.21 Å². The van der Waals surface area contributed by atoms with Gasteiger partial charge in [0.25, 0.3) is 0 Å². The molecule has 0 aromatic heterocycles. The maximum Gasteiger partial charge on any atom is 0.0709 e. The number of hydrogen-bond donors (Lipinski definition) is 1. The zero-order valence-corrected chi connectivity index (χ0v) is 13.2. The van der Waals surface area contributed by atoms with Crippen LogP contribution in [-0.2, 0) is 15.5 Å². The second kappa shape index (κ2) is 6.08. The SMILES string of the molecule is Nc1ccccc1S(=O)C1CCOC2(CCSCC2)C1. The van der Waals surface area contributed by atoms with E-state index in [1.807, 2.05) is 36.0 Å². The van der Waals surface area contributed by atoms with E-state index in [4.69, 9.17) is 10.5 Å². The van der Waals surface area contributed by atoms with Gasteiger partial charge in [0.05, 0.1) is 21.3 Å². The van der Waals surface area contributed by atoms with E-state index < -0.39 is 10.8 Å². The van der Waals surface area contributed by atoms with E-state index in [1.165, 1.54) is 0 Å². The Balaban J connectivity index is 1.77. The fourth-order valence-corrected chi connectivity index (χ4v) is 5.98. The number of anilines is 1. The lowest BCUT2D eigenvalue weighted by Crippen LogP contribution is -2.45. The molecule has 2 aliphatic heterocycles. The smallest absolute Gasteiger partial charge is 0.0709 e. The van der Waals surface area contributed by atoms with Crippen LogP contribution in [0.15, 0.2) is 29.2 Å². The van der Waals surface area contributed by atoms with Crippen LogP contribution in [0.4, 0.5) is 5.69 Å². The third kappa shape index (κ3) is 2.90. The molecule has 3 rings (SSSR count). The predicted molar refractivity (Wildman–Crippen MR) is 85.5 cm³/mol. The van der Waals surface area contributed by atoms with Crippen LogP contribution in [0.5, 0.6) is 0 Å². The van der Waals surface area contributed by atoms with Crippen molar-refractivity contribution in [2.24, 2.45) is 0 Å². The summed E-state index contributed by atoms with van der Waals surface area (Å²) in [5.41, 5.74) is 6.59. The number of ether oxygens (including phenoxy) is 1. The van der Waals surface area contributed by atoms with Crippen LogP contribution in [0, 0.1) is 0 Å². The second-order valence-corrected chi connectivity index (χ2v) is 8.52. The highest BCUT2D eigenvalue weighted by atomic mass is 32.2. The van der Waals surface area contributed by atoms with E-state index >= 15 is 0 Å². The van der Waals surface area contributed by atoms with Gasteiger partial charge in [-0.1, -0.05) is 12.1 Å². The van der Waals surface area contributed by atoms with Crippen LogP contribution >= 0.6 is 11.8 Å². The summed E-state index contributed by atoms with van der Waals surface area (Å²) in [6, 6.07) is 7.53. The summed E-state index contributed by atoms with van der Waals surface area (Å²) in [5.74, 6) is 2.32. The molecule has 0 saturated carbocycles. The average molecular weight is 311 g/mol. The Labute approximate surface area is 127 Å². The van der Waals surface area contributed by atoms with E-state index in [-0.39, 0.29) is 10.9 Å². The van der Waals surface area contributed by atoms with Crippen LogP contribution in [-0.4, -0.2) is 33.2 Å². The number of nitrogens with two attached hydrogens (primary N) is 1. The molecule has 2 heterocycles. The zero-order chi connectivity index (χ0) is 14.0. The van der Waals surface area contributed by atoms with Crippen molar-refractivity contribution >= 4 is 28.2 Å². The summed E-state index contributed by atoms with van der Waals surface area (Å²) < 4.78 is 18.9. The van der Waals surface area contributed by atoms with Gasteiger partial charge >= 0.3 is 0 Å². The minimum atomic E-state index is -1.02. The standard InChI is InChI=1S/C15H21NO2S2/c16-13-3-1-2-4-14(13)20(17)12-5-8-18-15(11-12)6-9-19-10-7-15/h1-4,12H,5-11,16H2. The maximum atomic E-state index is 12.8. The Morgan fingerprint density at radius 1 is 1.30 bits per heavy atom. The van der Waals surface area contributed by atoms with Gasteiger partial charge in [0, 0.05) is 17.5 Å². The van der Waals surface area contributed by atoms with E-state index in [0.29, 0.717) is 5.69 Å². The van der Waals surface area contributed by atoms with Crippen molar-refractivity contribution in [2.45, 2.75) is 41.4 Å². The first kappa shape index (κ1) is 14.4. The van der Waals surface area contributed by atoms with Crippen LogP contribution < -0.4 is 5.73 Å². The normalized spacial score (nSPS) is 27.3. The molecule has 2 fully saturated rings. The molecule has 2 aliphatic rings. The number of rotatable bonds is 2. The van der Waals surface area contributed by atoms with Crippen LogP contribution in [0.2, 0.25) is 0 Å². The summed E-state index contributed by atoms with van der Waals surface area (Å²) >= 11 is 2.00. The Hall–Kier alpha value is -0.520. The molecule has 5 heteroatoms. The molecule has 1 aromatic rings. The van der Waals surface area contributed by atoms with Crippen LogP contribution in [0.1, 0.15) is 25.7 Å². The van der Waals surface area contributed by atoms with Gasteiger partial charge in [-0.05, 0) is 49.3 Å². The van der Waals surface area contributed by atoms with Gasteiger partial charge in [-0.2, -0.15) is 11.8 Å². The summed E-state index contributed by atoms with van der Waals surface area (Å²) in [5, 5.41) is 0.177. The van der Waals surface area contributed by atoms with Crippen LogP contribution in [0.25, 0.3) is 0 Å². The third-order valence-electron chi connectivity index (χ3n) is 4.29. The fraction of sp³-hybridized carbons (Fsp3) is 0.600. The lowest BCUT2D eigenvalue weighted by atomic mass is 9.88. The third-order valence-corrected chi connectivity index (χ3v) is 7.09. The minimum absolute atomic E-state index is 0.0205. The highest BCUT2D eigenvalue weighted by molar-refractivity contribution is 7.99. The Kier molecular flexibility index (Phi) is 4.38. The summed E-state index contributed by atoms with van der Waals surface area (Å²) in [4.78, 5) is 0.791. The first-order chi connectivity index (χ1) is 9.70. The van der Waals surface area contributed by atoms with Crippen molar-refractivity contribution in [3.63, 3.8) is 0 Å². The molecule has 0 aliphatic carbocycles. The molecule has 1 aromatic carbocycles.